The number of aryl methyl sites for hydroxylation is 1. The Labute approximate surface area is 153 Å². The summed E-state index contributed by atoms with van der Waals surface area (Å²) < 4.78 is 51.7. The van der Waals surface area contributed by atoms with Gasteiger partial charge < -0.3 is 10.2 Å². The summed E-state index contributed by atoms with van der Waals surface area (Å²) in [5.41, 5.74) is -0.466. The van der Waals surface area contributed by atoms with Crippen LogP contribution in [0.3, 0.4) is 0 Å². The van der Waals surface area contributed by atoms with E-state index < -0.39 is 11.9 Å². The number of hydrogen-bond donors (Lipinski definition) is 1. The molecule has 1 aromatic carbocycles. The first-order chi connectivity index (χ1) is 12.7. The Morgan fingerprint density at radius 1 is 1.15 bits per heavy atom. The zero-order valence-corrected chi connectivity index (χ0v) is 14.6. The van der Waals surface area contributed by atoms with Crippen LogP contribution in [0.25, 0.3) is 0 Å². The number of aromatic nitrogens is 2. The largest absolute Gasteiger partial charge is 0.433 e. The molecular formula is C18H18F4N4O. The number of piperidine rings is 1. The maximum Gasteiger partial charge on any atom is 0.433 e. The van der Waals surface area contributed by atoms with Crippen LogP contribution >= 0.6 is 0 Å². The second kappa shape index (κ2) is 7.50. The van der Waals surface area contributed by atoms with Gasteiger partial charge in [0.15, 0.2) is 0 Å². The molecule has 1 amide bonds. The van der Waals surface area contributed by atoms with Crippen LogP contribution in [0.1, 0.15) is 24.4 Å². The summed E-state index contributed by atoms with van der Waals surface area (Å²) in [5.74, 6) is -0.574. The quantitative estimate of drug-likeness (QED) is 0.821. The average molecular weight is 382 g/mol. The Hall–Kier alpha value is -2.71. The zero-order valence-electron chi connectivity index (χ0n) is 14.6. The number of rotatable bonds is 3. The SMILES string of the molecule is Cc1nc(N2CCC(C(=O)Nc3ccc(F)cc3)CC2)cc(C(F)(F)F)n1. The highest BCUT2D eigenvalue weighted by Crippen LogP contribution is 2.31. The van der Waals surface area contributed by atoms with Crippen molar-refractivity contribution < 1.29 is 22.4 Å². The van der Waals surface area contributed by atoms with Gasteiger partial charge in [0.05, 0.1) is 0 Å². The topological polar surface area (TPSA) is 58.1 Å². The highest BCUT2D eigenvalue weighted by atomic mass is 19.4. The Morgan fingerprint density at radius 2 is 1.78 bits per heavy atom. The van der Waals surface area contributed by atoms with E-state index in [1.807, 2.05) is 0 Å². The molecule has 144 valence electrons. The van der Waals surface area contributed by atoms with Gasteiger partial charge >= 0.3 is 6.18 Å². The van der Waals surface area contributed by atoms with Gasteiger partial charge in [0, 0.05) is 30.8 Å². The number of halogens is 4. The van der Waals surface area contributed by atoms with Crippen molar-refractivity contribution in [1.29, 1.82) is 0 Å². The molecule has 0 aliphatic carbocycles. The lowest BCUT2D eigenvalue weighted by Gasteiger charge is -2.32. The predicted octanol–water partition coefficient (Wildman–Crippen LogP) is 3.80. The minimum Gasteiger partial charge on any atom is -0.356 e. The van der Waals surface area contributed by atoms with Crippen molar-refractivity contribution >= 4 is 17.4 Å². The molecule has 1 aliphatic heterocycles. The van der Waals surface area contributed by atoms with Gasteiger partial charge in [-0.3, -0.25) is 4.79 Å². The van der Waals surface area contributed by atoms with Crippen molar-refractivity contribution in [2.45, 2.75) is 25.9 Å². The van der Waals surface area contributed by atoms with E-state index in [-0.39, 0.29) is 29.3 Å². The van der Waals surface area contributed by atoms with Crippen LogP contribution in [-0.2, 0) is 11.0 Å². The molecule has 1 aliphatic rings. The lowest BCUT2D eigenvalue weighted by molar-refractivity contribution is -0.141. The van der Waals surface area contributed by atoms with Gasteiger partial charge in [0.1, 0.15) is 23.2 Å². The van der Waals surface area contributed by atoms with E-state index in [9.17, 15) is 22.4 Å². The number of benzene rings is 1. The zero-order chi connectivity index (χ0) is 19.6. The van der Waals surface area contributed by atoms with Crippen molar-refractivity contribution in [3.05, 3.63) is 47.7 Å². The minimum absolute atomic E-state index is 0.0519. The number of carbonyl (C=O) groups excluding carboxylic acids is 1. The molecule has 1 saturated heterocycles. The van der Waals surface area contributed by atoms with Gasteiger partial charge in [-0.2, -0.15) is 13.2 Å². The van der Waals surface area contributed by atoms with Crippen LogP contribution in [0.15, 0.2) is 30.3 Å². The van der Waals surface area contributed by atoms with E-state index in [0.717, 1.165) is 6.07 Å². The molecule has 0 bridgehead atoms. The van der Waals surface area contributed by atoms with Gasteiger partial charge in [0.25, 0.3) is 0 Å². The smallest absolute Gasteiger partial charge is 0.356 e. The number of nitrogens with zero attached hydrogens (tertiary/aromatic N) is 3. The number of anilines is 2. The monoisotopic (exact) mass is 382 g/mol. The second-order valence-corrected chi connectivity index (χ2v) is 6.41. The number of amides is 1. The van der Waals surface area contributed by atoms with Crippen molar-refractivity contribution in [2.75, 3.05) is 23.3 Å². The third-order valence-electron chi connectivity index (χ3n) is 4.42. The third-order valence-corrected chi connectivity index (χ3v) is 4.42. The number of hydrogen-bond acceptors (Lipinski definition) is 4. The molecular weight excluding hydrogens is 364 g/mol. The first-order valence-electron chi connectivity index (χ1n) is 8.46. The number of carbonyl (C=O) groups is 1. The van der Waals surface area contributed by atoms with Crippen molar-refractivity contribution in [3.63, 3.8) is 0 Å². The van der Waals surface area contributed by atoms with Gasteiger partial charge in [-0.15, -0.1) is 0 Å². The fourth-order valence-electron chi connectivity index (χ4n) is 3.01. The molecule has 0 radical (unpaired) electrons. The van der Waals surface area contributed by atoms with E-state index >= 15 is 0 Å². The van der Waals surface area contributed by atoms with Crippen LogP contribution < -0.4 is 10.2 Å². The highest BCUT2D eigenvalue weighted by molar-refractivity contribution is 5.92. The molecule has 0 unspecified atom stereocenters. The van der Waals surface area contributed by atoms with E-state index in [1.54, 1.807) is 4.90 Å². The standard InChI is InChI=1S/C18H18F4N4O/c1-11-23-15(18(20,21)22)10-16(24-11)26-8-6-12(7-9-26)17(27)25-14-4-2-13(19)3-5-14/h2-5,10,12H,6-9H2,1H3,(H,25,27). The summed E-state index contributed by atoms with van der Waals surface area (Å²) in [5, 5.41) is 2.73. The lowest BCUT2D eigenvalue weighted by Crippen LogP contribution is -2.38. The second-order valence-electron chi connectivity index (χ2n) is 6.41. The molecule has 27 heavy (non-hydrogen) atoms. The van der Waals surface area contributed by atoms with E-state index in [1.165, 1.54) is 31.2 Å². The Morgan fingerprint density at radius 3 is 2.37 bits per heavy atom. The molecule has 0 saturated carbocycles. The van der Waals surface area contributed by atoms with Crippen LogP contribution in [0.2, 0.25) is 0 Å². The number of alkyl halides is 3. The summed E-state index contributed by atoms with van der Waals surface area (Å²) in [4.78, 5) is 21.6. The normalized spacial score (nSPS) is 15.7. The molecule has 0 spiro atoms. The van der Waals surface area contributed by atoms with Crippen molar-refractivity contribution in [3.8, 4) is 0 Å². The summed E-state index contributed by atoms with van der Waals surface area (Å²) >= 11 is 0. The Bertz CT molecular complexity index is 815. The molecule has 0 atom stereocenters. The van der Waals surface area contributed by atoms with Gasteiger partial charge in [-0.25, -0.2) is 14.4 Å². The summed E-state index contributed by atoms with van der Waals surface area (Å²) in [6.45, 7) is 2.24. The first kappa shape index (κ1) is 19.1. The van der Waals surface area contributed by atoms with Crippen LogP contribution in [0.5, 0.6) is 0 Å². The van der Waals surface area contributed by atoms with E-state index in [2.05, 4.69) is 15.3 Å². The van der Waals surface area contributed by atoms with Crippen LogP contribution in [-0.4, -0.2) is 29.0 Å². The first-order valence-corrected chi connectivity index (χ1v) is 8.46. The molecule has 2 aromatic rings. The fourth-order valence-corrected chi connectivity index (χ4v) is 3.01. The highest BCUT2D eigenvalue weighted by Gasteiger charge is 2.34. The molecule has 1 aromatic heterocycles. The van der Waals surface area contributed by atoms with Crippen LogP contribution in [0.4, 0.5) is 29.1 Å². The molecule has 3 rings (SSSR count). The average Bonchev–Trinajstić information content (AvgIpc) is 2.62. The summed E-state index contributed by atoms with van der Waals surface area (Å²) in [6.07, 6.45) is -3.56. The van der Waals surface area contributed by atoms with Crippen molar-refractivity contribution in [1.82, 2.24) is 9.97 Å². The molecule has 9 heteroatoms. The molecule has 1 N–H and O–H groups in total. The molecule has 2 heterocycles. The van der Waals surface area contributed by atoms with Gasteiger partial charge in [-0.1, -0.05) is 0 Å². The minimum atomic E-state index is -4.53. The molecule has 1 fully saturated rings. The summed E-state index contributed by atoms with van der Waals surface area (Å²) in [7, 11) is 0. The lowest BCUT2D eigenvalue weighted by atomic mass is 9.95. The van der Waals surface area contributed by atoms with Gasteiger partial charge in [-0.05, 0) is 44.0 Å². The maximum atomic E-state index is 12.9. The van der Waals surface area contributed by atoms with Crippen LogP contribution in [0, 0.1) is 18.7 Å². The number of nitrogens with one attached hydrogen (secondary N) is 1. The fraction of sp³-hybridized carbons (Fsp3) is 0.389. The Balaban J connectivity index is 1.62. The predicted molar refractivity (Wildman–Crippen MR) is 91.7 cm³/mol. The van der Waals surface area contributed by atoms with E-state index in [4.69, 9.17) is 0 Å². The van der Waals surface area contributed by atoms with Crippen molar-refractivity contribution in [2.24, 2.45) is 5.92 Å². The summed E-state index contributed by atoms with van der Waals surface area (Å²) in [6, 6.07) is 6.41. The maximum absolute atomic E-state index is 12.9. The van der Waals surface area contributed by atoms with Gasteiger partial charge in [0.2, 0.25) is 5.91 Å². The Kier molecular flexibility index (Phi) is 5.29. The van der Waals surface area contributed by atoms with E-state index in [0.29, 0.717) is 31.6 Å². The molecule has 5 nitrogen and oxygen atoms in total. The third kappa shape index (κ3) is 4.72.